The second kappa shape index (κ2) is 10.2. The number of piperidine rings is 2. The monoisotopic (exact) mass is 476 g/mol. The quantitative estimate of drug-likeness (QED) is 0.664. The summed E-state index contributed by atoms with van der Waals surface area (Å²) in [4.78, 5) is 31.1. The molecule has 3 aliphatic heterocycles. The lowest BCUT2D eigenvalue weighted by molar-refractivity contribution is -0.154. The van der Waals surface area contributed by atoms with Crippen LogP contribution >= 0.6 is 0 Å². The van der Waals surface area contributed by atoms with E-state index < -0.39 is 29.4 Å². The van der Waals surface area contributed by atoms with Crippen LogP contribution in [0.4, 0.5) is 13.6 Å². The van der Waals surface area contributed by atoms with Crippen LogP contribution < -0.4 is 0 Å². The zero-order valence-electron chi connectivity index (χ0n) is 19.3. The number of amides is 2. The SMILES string of the molecule is CC1CC(OC(=O)N2CCOCC2)C(=O)N(C2(C#N)CCN(Cc3ccc(F)cc3F)CC2)C1. The summed E-state index contributed by atoms with van der Waals surface area (Å²) in [6.45, 7) is 5.39. The molecule has 2 amide bonds. The van der Waals surface area contributed by atoms with E-state index in [1.165, 1.54) is 17.0 Å². The van der Waals surface area contributed by atoms with Gasteiger partial charge in [-0.2, -0.15) is 5.26 Å². The van der Waals surface area contributed by atoms with E-state index >= 15 is 0 Å². The van der Waals surface area contributed by atoms with Crippen molar-refractivity contribution in [1.29, 1.82) is 5.26 Å². The van der Waals surface area contributed by atoms with E-state index in [-0.39, 0.29) is 11.8 Å². The Hall–Kier alpha value is -2.77. The highest BCUT2D eigenvalue weighted by molar-refractivity contribution is 5.85. The molecular weight excluding hydrogens is 446 g/mol. The maximum Gasteiger partial charge on any atom is 0.410 e. The lowest BCUT2D eigenvalue weighted by Gasteiger charge is -2.48. The number of benzene rings is 1. The number of halogens is 2. The maximum absolute atomic E-state index is 14.1. The fourth-order valence-corrected chi connectivity index (χ4v) is 4.96. The van der Waals surface area contributed by atoms with Gasteiger partial charge in [0.2, 0.25) is 0 Å². The minimum absolute atomic E-state index is 0.0664. The first-order valence-corrected chi connectivity index (χ1v) is 11.7. The number of nitriles is 1. The molecule has 0 saturated carbocycles. The van der Waals surface area contributed by atoms with E-state index in [0.717, 1.165) is 6.07 Å². The molecule has 4 rings (SSSR count). The number of carbonyl (C=O) groups is 2. The van der Waals surface area contributed by atoms with Crippen LogP contribution in [-0.4, -0.2) is 84.3 Å². The summed E-state index contributed by atoms with van der Waals surface area (Å²) in [6, 6.07) is 5.89. The topological polar surface area (TPSA) is 86.1 Å². The molecular formula is C24H30F2N4O4. The van der Waals surface area contributed by atoms with Gasteiger partial charge in [0.1, 0.15) is 17.2 Å². The third kappa shape index (κ3) is 5.15. The number of likely N-dealkylation sites (tertiary alicyclic amines) is 2. The van der Waals surface area contributed by atoms with E-state index in [0.29, 0.717) is 77.3 Å². The summed E-state index contributed by atoms with van der Waals surface area (Å²) >= 11 is 0. The van der Waals surface area contributed by atoms with Crippen LogP contribution in [0.1, 0.15) is 31.7 Å². The predicted molar refractivity (Wildman–Crippen MR) is 117 cm³/mol. The summed E-state index contributed by atoms with van der Waals surface area (Å²) in [5.74, 6) is -1.48. The van der Waals surface area contributed by atoms with Crippen LogP contribution in [-0.2, 0) is 20.8 Å². The first kappa shape index (κ1) is 24.4. The van der Waals surface area contributed by atoms with Crippen LogP contribution in [0.5, 0.6) is 0 Å². The average molecular weight is 477 g/mol. The van der Waals surface area contributed by atoms with Crippen LogP contribution in [0, 0.1) is 28.9 Å². The predicted octanol–water partition coefficient (Wildman–Crippen LogP) is 2.53. The maximum atomic E-state index is 14.1. The fourth-order valence-electron chi connectivity index (χ4n) is 4.96. The molecule has 2 atom stereocenters. The van der Waals surface area contributed by atoms with Crippen molar-refractivity contribution in [2.24, 2.45) is 5.92 Å². The molecule has 1 aromatic rings. The number of morpholine rings is 1. The molecule has 0 spiro atoms. The lowest BCUT2D eigenvalue weighted by atomic mass is 9.83. The Kier molecular flexibility index (Phi) is 7.33. The van der Waals surface area contributed by atoms with E-state index in [1.54, 1.807) is 4.90 Å². The van der Waals surface area contributed by atoms with Gasteiger partial charge in [0, 0.05) is 50.9 Å². The third-order valence-corrected chi connectivity index (χ3v) is 6.98. The molecule has 3 heterocycles. The van der Waals surface area contributed by atoms with Crippen LogP contribution in [0.2, 0.25) is 0 Å². The number of ether oxygens (including phenoxy) is 2. The molecule has 3 saturated heterocycles. The molecule has 0 bridgehead atoms. The second-order valence-electron chi connectivity index (χ2n) is 9.42. The number of nitrogens with zero attached hydrogens (tertiary/aromatic N) is 4. The Labute approximate surface area is 198 Å². The van der Waals surface area contributed by atoms with Crippen molar-refractivity contribution in [3.63, 3.8) is 0 Å². The molecule has 3 fully saturated rings. The first-order valence-electron chi connectivity index (χ1n) is 11.7. The Morgan fingerprint density at radius 2 is 1.94 bits per heavy atom. The van der Waals surface area contributed by atoms with Gasteiger partial charge in [-0.1, -0.05) is 13.0 Å². The summed E-state index contributed by atoms with van der Waals surface area (Å²) in [7, 11) is 0. The van der Waals surface area contributed by atoms with Gasteiger partial charge in [-0.05, 0) is 31.2 Å². The van der Waals surface area contributed by atoms with Crippen LogP contribution in [0.3, 0.4) is 0 Å². The van der Waals surface area contributed by atoms with Crippen LogP contribution in [0.15, 0.2) is 18.2 Å². The largest absolute Gasteiger partial charge is 0.436 e. The Morgan fingerprint density at radius 1 is 1.24 bits per heavy atom. The lowest BCUT2D eigenvalue weighted by Crippen LogP contribution is -2.62. The minimum Gasteiger partial charge on any atom is -0.436 e. The normalized spacial score (nSPS) is 25.6. The van der Waals surface area contributed by atoms with Crippen LogP contribution in [0.25, 0.3) is 0 Å². The number of hydrogen-bond donors (Lipinski definition) is 0. The summed E-state index contributed by atoms with van der Waals surface area (Å²) < 4.78 is 38.1. The van der Waals surface area contributed by atoms with Crippen molar-refractivity contribution in [3.05, 3.63) is 35.4 Å². The first-order chi connectivity index (χ1) is 16.3. The molecule has 10 heteroatoms. The molecule has 34 heavy (non-hydrogen) atoms. The van der Waals surface area contributed by atoms with Gasteiger partial charge in [-0.25, -0.2) is 13.6 Å². The fraction of sp³-hybridized carbons (Fsp3) is 0.625. The number of carbonyl (C=O) groups excluding carboxylic acids is 2. The van der Waals surface area contributed by atoms with E-state index in [2.05, 4.69) is 6.07 Å². The Balaban J connectivity index is 1.41. The standard InChI is InChI=1S/C24H30F2N4O4/c1-17-12-21(34-23(32)29-8-10-33-11-9-29)22(31)30(14-17)24(16-27)4-6-28(7-5-24)15-18-2-3-19(25)13-20(18)26/h2-3,13,17,21H,4-12,14-15H2,1H3. The second-order valence-corrected chi connectivity index (χ2v) is 9.42. The molecule has 0 aliphatic carbocycles. The molecule has 1 aromatic carbocycles. The molecule has 0 aromatic heterocycles. The minimum atomic E-state index is -1.01. The molecule has 3 aliphatic rings. The number of rotatable bonds is 4. The van der Waals surface area contributed by atoms with Gasteiger partial charge in [-0.3, -0.25) is 9.69 Å². The van der Waals surface area contributed by atoms with E-state index in [9.17, 15) is 23.6 Å². The summed E-state index contributed by atoms with van der Waals surface area (Å²) in [6.07, 6.45) is -0.235. The zero-order chi connectivity index (χ0) is 24.3. The van der Waals surface area contributed by atoms with Gasteiger partial charge in [0.05, 0.1) is 19.3 Å². The van der Waals surface area contributed by atoms with Gasteiger partial charge in [0.15, 0.2) is 6.10 Å². The zero-order valence-corrected chi connectivity index (χ0v) is 19.3. The molecule has 0 N–H and O–H groups in total. The molecule has 184 valence electrons. The number of hydrogen-bond acceptors (Lipinski definition) is 6. The van der Waals surface area contributed by atoms with Gasteiger partial charge in [0.25, 0.3) is 5.91 Å². The summed E-state index contributed by atoms with van der Waals surface area (Å²) in [5.41, 5.74) is -0.614. The van der Waals surface area contributed by atoms with Crippen molar-refractivity contribution < 1.29 is 27.8 Å². The van der Waals surface area contributed by atoms with Crippen molar-refractivity contribution in [3.8, 4) is 6.07 Å². The highest BCUT2D eigenvalue weighted by Gasteiger charge is 2.48. The molecule has 0 radical (unpaired) electrons. The van der Waals surface area contributed by atoms with Crippen molar-refractivity contribution in [1.82, 2.24) is 14.7 Å². The van der Waals surface area contributed by atoms with Gasteiger partial charge < -0.3 is 19.3 Å². The van der Waals surface area contributed by atoms with E-state index in [4.69, 9.17) is 9.47 Å². The van der Waals surface area contributed by atoms with Crippen molar-refractivity contribution in [2.45, 2.75) is 44.4 Å². The van der Waals surface area contributed by atoms with Crippen molar-refractivity contribution >= 4 is 12.0 Å². The van der Waals surface area contributed by atoms with Crippen molar-refractivity contribution in [2.75, 3.05) is 45.9 Å². The highest BCUT2D eigenvalue weighted by atomic mass is 19.1. The summed E-state index contributed by atoms with van der Waals surface area (Å²) in [5, 5.41) is 10.1. The average Bonchev–Trinajstić information content (AvgIpc) is 2.84. The highest BCUT2D eigenvalue weighted by Crippen LogP contribution is 2.34. The Morgan fingerprint density at radius 3 is 2.59 bits per heavy atom. The van der Waals surface area contributed by atoms with E-state index in [1.807, 2.05) is 11.8 Å². The molecule has 8 nitrogen and oxygen atoms in total. The van der Waals surface area contributed by atoms with Gasteiger partial charge >= 0.3 is 6.09 Å². The third-order valence-electron chi connectivity index (χ3n) is 6.98. The molecule has 2 unspecified atom stereocenters. The Bertz CT molecular complexity index is 955. The van der Waals surface area contributed by atoms with Gasteiger partial charge in [-0.15, -0.1) is 0 Å². The smallest absolute Gasteiger partial charge is 0.410 e.